The minimum Gasteiger partial charge on any atom is -0.347 e. The number of amides is 3. The van der Waals surface area contributed by atoms with Crippen LogP contribution < -0.4 is 5.32 Å². The number of hydrogen-bond donors (Lipinski definition) is 3. The summed E-state index contributed by atoms with van der Waals surface area (Å²) < 4.78 is 0. The van der Waals surface area contributed by atoms with Crippen LogP contribution in [0.3, 0.4) is 0 Å². The molecule has 3 N–H and O–H groups in total. The molecule has 0 aromatic carbocycles. The van der Waals surface area contributed by atoms with Gasteiger partial charge in [0.2, 0.25) is 6.41 Å². The molecule has 56 valence electrons. The molecule has 3 amide bonds. The molecule has 1 rings (SSSR count). The molecule has 0 saturated carbocycles. The van der Waals surface area contributed by atoms with Crippen LogP contribution >= 0.6 is 0 Å². The summed E-state index contributed by atoms with van der Waals surface area (Å²) in [5.41, 5.74) is 0. The van der Waals surface area contributed by atoms with Crippen molar-refractivity contribution in [2.75, 3.05) is 6.54 Å². The first kappa shape index (κ1) is 6.97. The maximum atomic E-state index is 10.5. The molecule has 1 fully saturated rings. The van der Waals surface area contributed by atoms with E-state index in [9.17, 15) is 9.59 Å². The molecule has 6 nitrogen and oxygen atoms in total. The number of hydrogen-bond acceptors (Lipinski definition) is 4. The number of carbonyl (C=O) groups is 2. The molecule has 0 unspecified atom stereocenters. The maximum absolute atomic E-state index is 10.5. The highest BCUT2D eigenvalue weighted by Gasteiger charge is 2.42. The van der Waals surface area contributed by atoms with E-state index >= 15 is 0 Å². The van der Waals surface area contributed by atoms with Crippen LogP contribution in [0.1, 0.15) is 0 Å². The average Bonchev–Trinajstić information content (AvgIpc) is 2.07. The monoisotopic (exact) mass is 146 g/mol. The van der Waals surface area contributed by atoms with E-state index in [1.54, 1.807) is 0 Å². The molecular weight excluding hydrogens is 140 g/mol. The van der Waals surface area contributed by atoms with E-state index in [1.807, 2.05) is 0 Å². The third-order valence-corrected chi connectivity index (χ3v) is 1.19. The highest BCUT2D eigenvalue weighted by Crippen LogP contribution is 2.10. The van der Waals surface area contributed by atoms with Gasteiger partial charge in [0.1, 0.15) is 0 Å². The van der Waals surface area contributed by atoms with Crippen LogP contribution in [0.5, 0.6) is 0 Å². The van der Waals surface area contributed by atoms with Crippen molar-refractivity contribution in [1.29, 1.82) is 0 Å². The molecule has 10 heavy (non-hydrogen) atoms. The predicted octanol–water partition coefficient (Wildman–Crippen LogP) is -2.19. The Labute approximate surface area is 56.0 Å². The Bertz CT molecular complexity index is 178. The summed E-state index contributed by atoms with van der Waals surface area (Å²) in [5.74, 6) is -2.36. The van der Waals surface area contributed by atoms with Gasteiger partial charge in [0.15, 0.2) is 0 Å². The lowest BCUT2D eigenvalue weighted by Crippen LogP contribution is -2.46. The summed E-state index contributed by atoms with van der Waals surface area (Å²) in [4.78, 5) is 20.7. The second-order valence-electron chi connectivity index (χ2n) is 1.91. The van der Waals surface area contributed by atoms with Gasteiger partial charge in [-0.1, -0.05) is 0 Å². The number of urea groups is 1. The lowest BCUT2D eigenvalue weighted by Gasteiger charge is -2.19. The fourth-order valence-electron chi connectivity index (χ4n) is 0.659. The van der Waals surface area contributed by atoms with Crippen molar-refractivity contribution in [1.82, 2.24) is 10.2 Å². The topological polar surface area (TPSA) is 89.9 Å². The Morgan fingerprint density at radius 3 is 2.50 bits per heavy atom. The molecule has 1 saturated heterocycles. The van der Waals surface area contributed by atoms with Gasteiger partial charge in [0.25, 0.3) is 5.91 Å². The van der Waals surface area contributed by atoms with Crippen LogP contribution in [-0.2, 0) is 4.79 Å². The van der Waals surface area contributed by atoms with Crippen molar-refractivity contribution in [3.05, 3.63) is 0 Å². The normalized spacial score (nSPS) is 22.6. The van der Waals surface area contributed by atoms with Gasteiger partial charge in [-0.2, -0.15) is 0 Å². The Balaban J connectivity index is 2.82. The molecule has 0 aromatic rings. The molecule has 0 aromatic heterocycles. The van der Waals surface area contributed by atoms with E-state index in [0.29, 0.717) is 0 Å². The number of aliphatic hydroxyl groups is 2. The van der Waals surface area contributed by atoms with E-state index in [-0.39, 0.29) is 17.9 Å². The lowest BCUT2D eigenvalue weighted by atomic mass is 10.5. The highest BCUT2D eigenvalue weighted by molar-refractivity contribution is 5.87. The first-order chi connectivity index (χ1) is 4.58. The van der Waals surface area contributed by atoms with Gasteiger partial charge < -0.3 is 15.5 Å². The van der Waals surface area contributed by atoms with Gasteiger partial charge in [-0.25, -0.2) is 9.69 Å². The lowest BCUT2D eigenvalue weighted by molar-refractivity contribution is -0.215. The summed E-state index contributed by atoms with van der Waals surface area (Å²) in [6.07, 6.45) is 0.0579. The Hall–Kier alpha value is -1.14. The summed E-state index contributed by atoms with van der Waals surface area (Å²) in [5, 5.41) is 19.6. The third kappa shape index (κ3) is 0.829. The van der Waals surface area contributed by atoms with Gasteiger partial charge in [-0.3, -0.25) is 4.79 Å². The van der Waals surface area contributed by atoms with Gasteiger partial charge in [-0.15, -0.1) is 0 Å². The van der Waals surface area contributed by atoms with E-state index in [2.05, 4.69) is 5.32 Å². The SMILES string of the molecule is O=CN1C(=O)NCC1(O)O. The molecule has 1 aliphatic heterocycles. The van der Waals surface area contributed by atoms with Gasteiger partial charge in [0, 0.05) is 0 Å². The fourth-order valence-corrected chi connectivity index (χ4v) is 0.659. The van der Waals surface area contributed by atoms with Crippen molar-refractivity contribution < 1.29 is 19.8 Å². The number of carbonyl (C=O) groups excluding carboxylic acids is 2. The zero-order chi connectivity index (χ0) is 7.78. The second kappa shape index (κ2) is 1.93. The first-order valence-electron chi connectivity index (χ1n) is 2.55. The molecule has 0 spiro atoms. The number of imide groups is 1. The summed E-state index contributed by atoms with van der Waals surface area (Å²) in [7, 11) is 0. The smallest absolute Gasteiger partial charge is 0.328 e. The van der Waals surface area contributed by atoms with Crippen molar-refractivity contribution in [3.63, 3.8) is 0 Å². The highest BCUT2D eigenvalue weighted by atomic mass is 16.5. The number of β-amino-alcohol motifs (C(OH)–C–C–N with tert-alkyl or cyclic N) is 2. The molecule has 0 aliphatic carbocycles. The Kier molecular flexibility index (Phi) is 1.34. The Morgan fingerprint density at radius 1 is 1.70 bits per heavy atom. The number of nitrogens with zero attached hydrogens (tertiary/aromatic N) is 1. The molecule has 0 atom stereocenters. The van der Waals surface area contributed by atoms with Crippen LogP contribution in [0.2, 0.25) is 0 Å². The minimum absolute atomic E-state index is 0.0579. The molecule has 0 radical (unpaired) electrons. The summed E-state index contributed by atoms with van der Waals surface area (Å²) >= 11 is 0. The predicted molar refractivity (Wildman–Crippen MR) is 28.5 cm³/mol. The third-order valence-electron chi connectivity index (χ3n) is 1.19. The summed E-state index contributed by atoms with van der Waals surface area (Å²) in [6.45, 7) is -0.357. The summed E-state index contributed by atoms with van der Waals surface area (Å²) in [6, 6.07) is -0.806. The molecule has 0 bridgehead atoms. The maximum Gasteiger partial charge on any atom is 0.328 e. The second-order valence-corrected chi connectivity index (χ2v) is 1.91. The van der Waals surface area contributed by atoms with Crippen LogP contribution in [0.25, 0.3) is 0 Å². The zero-order valence-electron chi connectivity index (χ0n) is 4.94. The molecular formula is C4H6N2O4. The van der Waals surface area contributed by atoms with Crippen LogP contribution in [0, 0.1) is 0 Å². The van der Waals surface area contributed by atoms with Gasteiger partial charge in [-0.05, 0) is 0 Å². The van der Waals surface area contributed by atoms with Crippen molar-refractivity contribution >= 4 is 12.4 Å². The van der Waals surface area contributed by atoms with Crippen molar-refractivity contribution in [2.45, 2.75) is 5.91 Å². The van der Waals surface area contributed by atoms with Crippen LogP contribution in [0.4, 0.5) is 4.79 Å². The van der Waals surface area contributed by atoms with E-state index in [4.69, 9.17) is 10.2 Å². The minimum atomic E-state index is -2.36. The molecule has 1 heterocycles. The van der Waals surface area contributed by atoms with E-state index < -0.39 is 11.9 Å². The van der Waals surface area contributed by atoms with Crippen molar-refractivity contribution in [2.24, 2.45) is 0 Å². The fraction of sp³-hybridized carbons (Fsp3) is 0.500. The largest absolute Gasteiger partial charge is 0.347 e. The number of rotatable bonds is 1. The quantitative estimate of drug-likeness (QED) is 0.289. The molecule has 6 heteroatoms. The van der Waals surface area contributed by atoms with Crippen LogP contribution in [0.15, 0.2) is 0 Å². The zero-order valence-corrected chi connectivity index (χ0v) is 4.94. The standard InChI is InChI=1S/C4H6N2O4/c7-2-6-3(8)5-1-4(6,9)10/h2,9-10H,1H2,(H,5,8). The van der Waals surface area contributed by atoms with Crippen LogP contribution in [-0.4, -0.2) is 40.0 Å². The van der Waals surface area contributed by atoms with Gasteiger partial charge >= 0.3 is 6.03 Å². The van der Waals surface area contributed by atoms with Gasteiger partial charge in [0.05, 0.1) is 6.54 Å². The Morgan fingerprint density at radius 2 is 2.30 bits per heavy atom. The number of nitrogens with one attached hydrogen (secondary N) is 1. The first-order valence-corrected chi connectivity index (χ1v) is 2.55. The van der Waals surface area contributed by atoms with E-state index in [1.165, 1.54) is 0 Å². The van der Waals surface area contributed by atoms with Crippen molar-refractivity contribution in [3.8, 4) is 0 Å². The molecule has 1 aliphatic rings. The average molecular weight is 146 g/mol. The van der Waals surface area contributed by atoms with E-state index in [0.717, 1.165) is 0 Å².